The molecule has 0 unspecified atom stereocenters. The number of fused-ring (bicyclic) bond motifs is 1. The summed E-state index contributed by atoms with van der Waals surface area (Å²) in [7, 11) is 1.90. The molecule has 1 saturated heterocycles. The van der Waals surface area contributed by atoms with Gasteiger partial charge in [0.25, 0.3) is 0 Å². The number of rotatable bonds is 5. The van der Waals surface area contributed by atoms with Crippen molar-refractivity contribution in [3.8, 4) is 0 Å². The van der Waals surface area contributed by atoms with Gasteiger partial charge in [-0.2, -0.15) is 0 Å². The Hall–Kier alpha value is -3.29. The van der Waals surface area contributed by atoms with Gasteiger partial charge in [-0.3, -0.25) is 4.79 Å². The van der Waals surface area contributed by atoms with E-state index in [-0.39, 0.29) is 24.4 Å². The number of hydrogen-bond donors (Lipinski definition) is 0. The summed E-state index contributed by atoms with van der Waals surface area (Å²) in [6, 6.07) is 10.3. The lowest BCUT2D eigenvalue weighted by molar-refractivity contribution is -0.132. The number of esters is 1. The Morgan fingerprint density at radius 2 is 1.77 bits per heavy atom. The van der Waals surface area contributed by atoms with Gasteiger partial charge in [0.15, 0.2) is 0 Å². The minimum absolute atomic E-state index is 0.0513. The smallest absolute Gasteiger partial charge is 0.355 e. The zero-order valence-corrected chi connectivity index (χ0v) is 18.0. The van der Waals surface area contributed by atoms with E-state index < -0.39 is 5.97 Å². The van der Waals surface area contributed by atoms with Gasteiger partial charge in [0, 0.05) is 39.4 Å². The number of ether oxygens (including phenoxy) is 1. The number of para-hydroxylation sites is 1. The topological polar surface area (TPSA) is 59.7 Å². The van der Waals surface area contributed by atoms with Crippen LogP contribution in [0.25, 0.3) is 11.0 Å². The van der Waals surface area contributed by atoms with Crippen molar-refractivity contribution in [2.24, 2.45) is 7.05 Å². The van der Waals surface area contributed by atoms with Crippen molar-refractivity contribution >= 4 is 28.6 Å². The molecule has 0 aliphatic carbocycles. The van der Waals surface area contributed by atoms with Crippen LogP contribution in [-0.4, -0.2) is 58.2 Å². The van der Waals surface area contributed by atoms with Crippen molar-refractivity contribution in [3.63, 3.8) is 0 Å². The highest BCUT2D eigenvalue weighted by Crippen LogP contribution is 2.23. The number of piperazine rings is 1. The number of benzene rings is 1. The van der Waals surface area contributed by atoms with Crippen LogP contribution in [0, 0.1) is 5.82 Å². The molecule has 0 radical (unpaired) electrons. The van der Waals surface area contributed by atoms with E-state index in [1.54, 1.807) is 41.5 Å². The minimum atomic E-state index is -0.441. The molecule has 1 aromatic carbocycles. The normalized spacial score (nSPS) is 14.5. The van der Waals surface area contributed by atoms with Crippen molar-refractivity contribution < 1.29 is 18.7 Å². The number of hydrogen-bond acceptors (Lipinski definition) is 4. The van der Waals surface area contributed by atoms with Crippen LogP contribution in [0.15, 0.2) is 42.6 Å². The zero-order valence-electron chi connectivity index (χ0n) is 18.0. The third-order valence-corrected chi connectivity index (χ3v) is 5.62. The predicted octanol–water partition coefficient (Wildman–Crippen LogP) is 3.03. The number of carbonyl (C=O) groups excluding carboxylic acids is 2. The quantitative estimate of drug-likeness (QED) is 0.589. The Bertz CT molecular complexity index is 1110. The average molecular weight is 426 g/mol. The Labute approximate surface area is 180 Å². The van der Waals surface area contributed by atoms with Crippen molar-refractivity contribution in [1.82, 2.24) is 14.0 Å². The maximum absolute atomic E-state index is 14.1. The molecule has 0 atom stereocenters. The van der Waals surface area contributed by atoms with Gasteiger partial charge in [-0.1, -0.05) is 12.1 Å². The van der Waals surface area contributed by atoms with Gasteiger partial charge in [0.05, 0.1) is 22.8 Å². The van der Waals surface area contributed by atoms with Gasteiger partial charge in [0.1, 0.15) is 18.1 Å². The summed E-state index contributed by atoms with van der Waals surface area (Å²) in [5, 5.41) is 0. The summed E-state index contributed by atoms with van der Waals surface area (Å²) in [5.41, 5.74) is 2.61. The van der Waals surface area contributed by atoms with Crippen LogP contribution in [0.4, 0.5) is 10.1 Å². The number of nitrogens with zero attached hydrogens (tertiary/aromatic N) is 4. The Morgan fingerprint density at radius 3 is 2.45 bits per heavy atom. The van der Waals surface area contributed by atoms with Gasteiger partial charge in [-0.25, -0.2) is 9.18 Å². The van der Waals surface area contributed by atoms with Crippen LogP contribution in [0.2, 0.25) is 0 Å². The fourth-order valence-corrected chi connectivity index (χ4v) is 4.02. The lowest BCUT2D eigenvalue weighted by Crippen LogP contribution is -2.50. The molecule has 8 heteroatoms. The third-order valence-electron chi connectivity index (χ3n) is 5.62. The van der Waals surface area contributed by atoms with Crippen molar-refractivity contribution in [3.05, 3.63) is 54.1 Å². The second kappa shape index (κ2) is 8.45. The predicted molar refractivity (Wildman–Crippen MR) is 117 cm³/mol. The first-order valence-electron chi connectivity index (χ1n) is 10.5. The minimum Gasteiger partial charge on any atom is -0.458 e. The SMILES string of the molecule is CC(C)OC(=O)c1cc2c(ccn2C)n1CC(=O)N1CCN(c2ccccc2F)CC1. The molecule has 3 aromatic rings. The van der Waals surface area contributed by atoms with Gasteiger partial charge in [0.2, 0.25) is 5.91 Å². The number of aromatic nitrogens is 2. The van der Waals surface area contributed by atoms with E-state index in [2.05, 4.69) is 0 Å². The molecular formula is C23H27FN4O3. The fourth-order valence-electron chi connectivity index (χ4n) is 4.02. The maximum atomic E-state index is 14.1. The standard InChI is InChI=1S/C23H27FN4O3/c1-16(2)31-23(30)21-14-20-19(8-9-25(20)3)28(21)15-22(29)27-12-10-26(11-13-27)18-7-5-4-6-17(18)24/h4-9,14,16H,10-13,15H2,1-3H3. The monoisotopic (exact) mass is 426 g/mol. The lowest BCUT2D eigenvalue weighted by Gasteiger charge is -2.36. The molecule has 1 amide bonds. The molecule has 1 fully saturated rings. The average Bonchev–Trinajstić information content (AvgIpc) is 3.28. The highest BCUT2D eigenvalue weighted by Gasteiger charge is 2.26. The van der Waals surface area contributed by atoms with E-state index in [1.165, 1.54) is 6.07 Å². The van der Waals surface area contributed by atoms with E-state index in [0.29, 0.717) is 37.6 Å². The van der Waals surface area contributed by atoms with Crippen molar-refractivity contribution in [1.29, 1.82) is 0 Å². The van der Waals surface area contributed by atoms with Gasteiger partial charge in [-0.15, -0.1) is 0 Å². The van der Waals surface area contributed by atoms with E-state index in [1.807, 2.05) is 34.8 Å². The second-order valence-corrected chi connectivity index (χ2v) is 8.09. The molecule has 0 bridgehead atoms. The molecule has 0 saturated carbocycles. The molecule has 0 spiro atoms. The van der Waals surface area contributed by atoms with Crippen LogP contribution < -0.4 is 4.90 Å². The first-order chi connectivity index (χ1) is 14.8. The molecule has 3 heterocycles. The number of carbonyl (C=O) groups is 2. The largest absolute Gasteiger partial charge is 0.458 e. The molecule has 0 N–H and O–H groups in total. The highest BCUT2D eigenvalue weighted by atomic mass is 19.1. The summed E-state index contributed by atoms with van der Waals surface area (Å²) in [6.07, 6.45) is 1.65. The number of amides is 1. The van der Waals surface area contributed by atoms with Gasteiger partial charge in [-0.05, 0) is 38.1 Å². The molecule has 1 aliphatic heterocycles. The maximum Gasteiger partial charge on any atom is 0.355 e. The second-order valence-electron chi connectivity index (χ2n) is 8.09. The first-order valence-corrected chi connectivity index (χ1v) is 10.5. The first kappa shape index (κ1) is 21.0. The Kier molecular flexibility index (Phi) is 5.71. The van der Waals surface area contributed by atoms with E-state index in [9.17, 15) is 14.0 Å². The Balaban J connectivity index is 1.50. The van der Waals surface area contributed by atoms with E-state index >= 15 is 0 Å². The summed E-state index contributed by atoms with van der Waals surface area (Å²) in [5.74, 6) is -0.772. The summed E-state index contributed by atoms with van der Waals surface area (Å²) >= 11 is 0. The third kappa shape index (κ3) is 4.15. The van der Waals surface area contributed by atoms with E-state index in [4.69, 9.17) is 4.74 Å². The fraction of sp³-hybridized carbons (Fsp3) is 0.391. The Morgan fingerprint density at radius 1 is 1.06 bits per heavy atom. The number of aryl methyl sites for hydroxylation is 1. The molecule has 164 valence electrons. The summed E-state index contributed by atoms with van der Waals surface area (Å²) < 4.78 is 23.1. The van der Waals surface area contributed by atoms with Crippen LogP contribution in [0.3, 0.4) is 0 Å². The molecular weight excluding hydrogens is 399 g/mol. The molecule has 31 heavy (non-hydrogen) atoms. The van der Waals surface area contributed by atoms with Crippen LogP contribution in [0.5, 0.6) is 0 Å². The highest BCUT2D eigenvalue weighted by molar-refractivity contribution is 5.96. The van der Waals surface area contributed by atoms with Crippen LogP contribution in [0.1, 0.15) is 24.3 Å². The van der Waals surface area contributed by atoms with Crippen molar-refractivity contribution in [2.45, 2.75) is 26.5 Å². The number of anilines is 1. The lowest BCUT2D eigenvalue weighted by atomic mass is 10.2. The molecule has 4 rings (SSSR count). The summed E-state index contributed by atoms with van der Waals surface area (Å²) in [4.78, 5) is 29.4. The molecule has 1 aliphatic rings. The van der Waals surface area contributed by atoms with Crippen LogP contribution >= 0.6 is 0 Å². The van der Waals surface area contributed by atoms with E-state index in [0.717, 1.165) is 11.0 Å². The van der Waals surface area contributed by atoms with Gasteiger partial charge < -0.3 is 23.7 Å². The van der Waals surface area contributed by atoms with Crippen molar-refractivity contribution in [2.75, 3.05) is 31.1 Å². The summed E-state index contributed by atoms with van der Waals surface area (Å²) in [6.45, 7) is 5.75. The zero-order chi connectivity index (χ0) is 22.1. The molecule has 2 aromatic heterocycles. The van der Waals surface area contributed by atoms with Gasteiger partial charge >= 0.3 is 5.97 Å². The van der Waals surface area contributed by atoms with Crippen LogP contribution in [-0.2, 0) is 23.1 Å². The number of halogens is 1. The molecule has 7 nitrogen and oxygen atoms in total.